The van der Waals surface area contributed by atoms with E-state index >= 15 is 0 Å². The minimum absolute atomic E-state index is 0.315. The molecule has 5 heteroatoms. The van der Waals surface area contributed by atoms with Crippen LogP contribution in [0.1, 0.15) is 114 Å². The van der Waals surface area contributed by atoms with Gasteiger partial charge in [-0.05, 0) is 31.5 Å². The van der Waals surface area contributed by atoms with Crippen LogP contribution in [0.5, 0.6) is 5.75 Å². The molecule has 0 spiro atoms. The quantitative estimate of drug-likeness (QED) is 0.186. The first kappa shape index (κ1) is 28.0. The number of nitrogens with one attached hydrogen (secondary N) is 1. The normalized spacial score (nSPS) is 11.7. The third-order valence-electron chi connectivity index (χ3n) is 5.78. The molecule has 0 bridgehead atoms. The summed E-state index contributed by atoms with van der Waals surface area (Å²) in [6, 6.07) is 6.16. The van der Waals surface area contributed by atoms with Crippen molar-refractivity contribution in [2.24, 2.45) is 0 Å². The third-order valence-corrected chi connectivity index (χ3v) is 5.78. The van der Waals surface area contributed by atoms with Gasteiger partial charge in [0.25, 0.3) is 5.91 Å². The summed E-state index contributed by atoms with van der Waals surface area (Å²) in [5.41, 5.74) is 0.455. The maximum absolute atomic E-state index is 12.3. The van der Waals surface area contributed by atoms with Crippen molar-refractivity contribution in [3.8, 4) is 5.75 Å². The number of esters is 1. The van der Waals surface area contributed by atoms with Gasteiger partial charge in [-0.3, -0.25) is 4.79 Å². The number of carbonyl (C=O) groups is 2. The summed E-state index contributed by atoms with van der Waals surface area (Å²) >= 11 is 0. The fourth-order valence-corrected chi connectivity index (χ4v) is 3.70. The van der Waals surface area contributed by atoms with Crippen molar-refractivity contribution in [1.29, 1.82) is 0 Å². The first-order valence-electron chi connectivity index (χ1n) is 12.7. The SMILES string of the molecule is CCCCCCCCCCCCCCCCOC(=O)C(C)NC(=O)c1cccc(OC)c1. The van der Waals surface area contributed by atoms with Crippen LogP contribution in [0.2, 0.25) is 0 Å². The second-order valence-corrected chi connectivity index (χ2v) is 8.69. The monoisotopic (exact) mass is 447 g/mol. The second kappa shape index (κ2) is 18.5. The van der Waals surface area contributed by atoms with Gasteiger partial charge < -0.3 is 14.8 Å². The van der Waals surface area contributed by atoms with E-state index in [1.807, 2.05) is 0 Å². The van der Waals surface area contributed by atoms with Crippen molar-refractivity contribution in [2.75, 3.05) is 13.7 Å². The molecule has 1 unspecified atom stereocenters. The summed E-state index contributed by atoms with van der Waals surface area (Å²) in [6.45, 7) is 4.32. The molecule has 0 fully saturated rings. The Morgan fingerprint density at radius 3 is 1.91 bits per heavy atom. The molecule has 0 aliphatic carbocycles. The van der Waals surface area contributed by atoms with Crippen molar-refractivity contribution >= 4 is 11.9 Å². The highest BCUT2D eigenvalue weighted by molar-refractivity contribution is 5.97. The fraction of sp³-hybridized carbons (Fsp3) is 0.704. The van der Waals surface area contributed by atoms with E-state index in [1.54, 1.807) is 38.3 Å². The van der Waals surface area contributed by atoms with Gasteiger partial charge in [-0.25, -0.2) is 4.79 Å². The fourth-order valence-electron chi connectivity index (χ4n) is 3.70. The lowest BCUT2D eigenvalue weighted by molar-refractivity contribution is -0.145. The van der Waals surface area contributed by atoms with Gasteiger partial charge in [0.2, 0.25) is 0 Å². The summed E-state index contributed by atoms with van der Waals surface area (Å²) in [4.78, 5) is 24.4. The number of rotatable bonds is 19. The van der Waals surface area contributed by atoms with Crippen molar-refractivity contribution in [3.63, 3.8) is 0 Å². The van der Waals surface area contributed by atoms with Crippen LogP contribution in [0, 0.1) is 0 Å². The molecular formula is C27H45NO4. The van der Waals surface area contributed by atoms with E-state index in [0.29, 0.717) is 17.9 Å². The van der Waals surface area contributed by atoms with E-state index in [4.69, 9.17) is 9.47 Å². The summed E-state index contributed by atoms with van der Waals surface area (Å²) in [7, 11) is 1.55. The molecule has 0 heterocycles. The van der Waals surface area contributed by atoms with Crippen molar-refractivity contribution in [2.45, 2.75) is 110 Å². The van der Waals surface area contributed by atoms with Crippen molar-refractivity contribution in [1.82, 2.24) is 5.32 Å². The molecule has 1 aromatic rings. The van der Waals surface area contributed by atoms with Crippen molar-refractivity contribution < 1.29 is 19.1 Å². The van der Waals surface area contributed by atoms with Crippen molar-refractivity contribution in [3.05, 3.63) is 29.8 Å². The summed E-state index contributed by atoms with van der Waals surface area (Å²) < 4.78 is 10.4. The molecule has 0 radical (unpaired) electrons. The molecule has 0 aromatic heterocycles. The second-order valence-electron chi connectivity index (χ2n) is 8.69. The smallest absolute Gasteiger partial charge is 0.328 e. The average Bonchev–Trinajstić information content (AvgIpc) is 2.81. The molecule has 1 N–H and O–H groups in total. The Labute approximate surface area is 195 Å². The molecular weight excluding hydrogens is 402 g/mol. The van der Waals surface area contributed by atoms with E-state index in [-0.39, 0.29) is 5.91 Å². The largest absolute Gasteiger partial charge is 0.497 e. The Morgan fingerprint density at radius 2 is 1.38 bits per heavy atom. The minimum Gasteiger partial charge on any atom is -0.497 e. The number of benzene rings is 1. The molecule has 1 atom stereocenters. The number of carbonyl (C=O) groups excluding carboxylic acids is 2. The van der Waals surface area contributed by atoms with E-state index in [2.05, 4.69) is 12.2 Å². The Morgan fingerprint density at radius 1 is 0.844 bits per heavy atom. The van der Waals surface area contributed by atoms with Gasteiger partial charge in [0.1, 0.15) is 11.8 Å². The minimum atomic E-state index is -0.680. The molecule has 5 nitrogen and oxygen atoms in total. The number of ether oxygens (including phenoxy) is 2. The predicted molar refractivity (Wildman–Crippen MR) is 131 cm³/mol. The molecule has 0 aliphatic heterocycles. The number of amides is 1. The number of methoxy groups -OCH3 is 1. The molecule has 0 saturated heterocycles. The number of unbranched alkanes of at least 4 members (excludes halogenated alkanes) is 13. The Balaban J connectivity index is 1.98. The molecule has 0 saturated carbocycles. The zero-order valence-electron chi connectivity index (χ0n) is 20.6. The highest BCUT2D eigenvalue weighted by Gasteiger charge is 2.18. The van der Waals surface area contributed by atoms with Crippen LogP contribution in [0.15, 0.2) is 24.3 Å². The number of hydrogen-bond acceptors (Lipinski definition) is 4. The summed E-state index contributed by atoms with van der Waals surface area (Å²) in [5.74, 6) is -0.105. The molecule has 1 amide bonds. The van der Waals surface area contributed by atoms with Gasteiger partial charge in [-0.15, -0.1) is 0 Å². The maximum atomic E-state index is 12.3. The van der Waals surface area contributed by atoms with E-state index in [0.717, 1.165) is 12.8 Å². The molecule has 0 aliphatic rings. The Kier molecular flexibility index (Phi) is 16.2. The molecule has 1 rings (SSSR count). The zero-order chi connectivity index (χ0) is 23.4. The van der Waals surface area contributed by atoms with Crippen LogP contribution in [0.25, 0.3) is 0 Å². The van der Waals surface area contributed by atoms with Crippen LogP contribution in [-0.4, -0.2) is 31.6 Å². The van der Waals surface area contributed by atoms with Gasteiger partial charge in [-0.2, -0.15) is 0 Å². The van der Waals surface area contributed by atoms with Crippen LogP contribution < -0.4 is 10.1 Å². The molecule has 182 valence electrons. The lowest BCUT2D eigenvalue weighted by Crippen LogP contribution is -2.39. The van der Waals surface area contributed by atoms with Crippen LogP contribution in [-0.2, 0) is 9.53 Å². The highest BCUT2D eigenvalue weighted by atomic mass is 16.5. The van der Waals surface area contributed by atoms with Gasteiger partial charge in [0.05, 0.1) is 13.7 Å². The van der Waals surface area contributed by atoms with Gasteiger partial charge in [0, 0.05) is 5.56 Å². The van der Waals surface area contributed by atoms with E-state index in [9.17, 15) is 9.59 Å². The maximum Gasteiger partial charge on any atom is 0.328 e. The molecule has 1 aromatic carbocycles. The zero-order valence-corrected chi connectivity index (χ0v) is 20.6. The van der Waals surface area contributed by atoms with Gasteiger partial charge in [0.15, 0.2) is 0 Å². The molecule has 32 heavy (non-hydrogen) atoms. The standard InChI is InChI=1S/C27H45NO4/c1-4-5-6-7-8-9-10-11-12-13-14-15-16-17-21-32-27(30)23(2)28-26(29)24-19-18-20-25(22-24)31-3/h18-20,22-23H,4-17,21H2,1-3H3,(H,28,29). The van der Waals surface area contributed by atoms with Crippen LogP contribution in [0.3, 0.4) is 0 Å². The Hall–Kier alpha value is -2.04. The predicted octanol–water partition coefficient (Wildman–Crippen LogP) is 6.84. The first-order chi connectivity index (χ1) is 15.6. The summed E-state index contributed by atoms with van der Waals surface area (Å²) in [5, 5.41) is 2.68. The van der Waals surface area contributed by atoms with Gasteiger partial charge in [-0.1, -0.05) is 96.5 Å². The lowest BCUT2D eigenvalue weighted by atomic mass is 10.0. The first-order valence-corrected chi connectivity index (χ1v) is 12.7. The topological polar surface area (TPSA) is 64.6 Å². The average molecular weight is 448 g/mol. The highest BCUT2D eigenvalue weighted by Crippen LogP contribution is 2.14. The summed E-state index contributed by atoms with van der Waals surface area (Å²) in [6.07, 6.45) is 18.1. The number of hydrogen-bond donors (Lipinski definition) is 1. The van der Waals surface area contributed by atoms with Gasteiger partial charge >= 0.3 is 5.97 Å². The van der Waals surface area contributed by atoms with Crippen LogP contribution >= 0.6 is 0 Å². The lowest BCUT2D eigenvalue weighted by Gasteiger charge is -2.14. The Bertz CT molecular complexity index is 632. The van der Waals surface area contributed by atoms with Crippen LogP contribution in [0.4, 0.5) is 0 Å². The van der Waals surface area contributed by atoms with E-state index < -0.39 is 12.0 Å². The third kappa shape index (κ3) is 13.4. The van der Waals surface area contributed by atoms with E-state index in [1.165, 1.54) is 77.0 Å².